The molecule has 7 heteroatoms. The monoisotopic (exact) mass is 399 g/mol. The Kier molecular flexibility index (Phi) is 5.10. The van der Waals surface area contributed by atoms with Gasteiger partial charge in [0.1, 0.15) is 5.82 Å². The van der Waals surface area contributed by atoms with Gasteiger partial charge in [-0.3, -0.25) is 4.79 Å². The van der Waals surface area contributed by atoms with Crippen LogP contribution in [0.25, 0.3) is 0 Å². The lowest BCUT2D eigenvalue weighted by Crippen LogP contribution is -2.38. The third kappa shape index (κ3) is 3.76. The lowest BCUT2D eigenvalue weighted by molar-refractivity contribution is 0.0734. The number of carbonyl (C=O) groups is 1. The molecule has 0 spiro atoms. The molecule has 1 aromatic heterocycles. The maximum atomic E-state index is 13.1. The first kappa shape index (κ1) is 18.9. The van der Waals surface area contributed by atoms with Crippen molar-refractivity contribution in [2.45, 2.75) is 32.4 Å². The molecule has 2 aromatic rings. The van der Waals surface area contributed by atoms with Crippen LogP contribution in [0.1, 0.15) is 34.8 Å². The zero-order valence-corrected chi connectivity index (χ0v) is 16.9. The van der Waals surface area contributed by atoms with Gasteiger partial charge in [0.15, 0.2) is 9.84 Å². The second-order valence-corrected chi connectivity index (χ2v) is 9.72. The molecule has 4 rings (SSSR count). The number of nitrogens with zero attached hydrogens (tertiary/aromatic N) is 3. The largest absolute Gasteiger partial charge is 0.353 e. The summed E-state index contributed by atoms with van der Waals surface area (Å²) >= 11 is 0. The van der Waals surface area contributed by atoms with Crippen LogP contribution in [0.5, 0.6) is 0 Å². The van der Waals surface area contributed by atoms with Crippen LogP contribution in [0.3, 0.4) is 0 Å². The summed E-state index contributed by atoms with van der Waals surface area (Å²) in [4.78, 5) is 21.4. The van der Waals surface area contributed by atoms with Crippen molar-refractivity contribution in [3.63, 3.8) is 0 Å². The summed E-state index contributed by atoms with van der Waals surface area (Å²) in [5.74, 6) is 1.05. The molecule has 28 heavy (non-hydrogen) atoms. The Bertz CT molecular complexity index is 990. The minimum absolute atomic E-state index is 0.00625. The predicted molar refractivity (Wildman–Crippen MR) is 109 cm³/mol. The molecule has 0 saturated carbocycles. The molecule has 2 aliphatic heterocycles. The fourth-order valence-corrected chi connectivity index (χ4v) is 5.92. The predicted octanol–water partition coefficient (Wildman–Crippen LogP) is 2.29. The van der Waals surface area contributed by atoms with Gasteiger partial charge >= 0.3 is 0 Å². The number of benzene rings is 1. The zero-order chi connectivity index (χ0) is 19.7. The van der Waals surface area contributed by atoms with Gasteiger partial charge in [0.2, 0.25) is 0 Å². The molecule has 1 amide bonds. The molecule has 6 nitrogen and oxygen atoms in total. The van der Waals surface area contributed by atoms with Crippen molar-refractivity contribution in [2.24, 2.45) is 0 Å². The van der Waals surface area contributed by atoms with Crippen LogP contribution in [0.4, 0.5) is 5.82 Å². The molecule has 0 N–H and O–H groups in total. The first-order chi connectivity index (χ1) is 13.5. The van der Waals surface area contributed by atoms with Crippen molar-refractivity contribution in [1.29, 1.82) is 0 Å². The van der Waals surface area contributed by atoms with Crippen molar-refractivity contribution in [3.8, 4) is 0 Å². The maximum absolute atomic E-state index is 13.1. The van der Waals surface area contributed by atoms with E-state index >= 15 is 0 Å². The van der Waals surface area contributed by atoms with E-state index < -0.39 is 9.84 Å². The Morgan fingerprint density at radius 3 is 2.75 bits per heavy atom. The summed E-state index contributed by atoms with van der Waals surface area (Å²) in [6, 6.07) is 11.7. The van der Waals surface area contributed by atoms with Crippen molar-refractivity contribution in [2.75, 3.05) is 29.5 Å². The van der Waals surface area contributed by atoms with Gasteiger partial charge in [0.05, 0.1) is 11.5 Å². The molecule has 148 valence electrons. The Labute approximate surface area is 166 Å². The molecule has 1 aromatic carbocycles. The number of rotatable bonds is 4. The average molecular weight is 400 g/mol. The van der Waals surface area contributed by atoms with Gasteiger partial charge < -0.3 is 9.80 Å². The SMILES string of the molecule is CCN(c1cc(C(=O)N2CCc3ccccc3C2)ccn1)C1CCS(=O)(=O)C1. The summed E-state index contributed by atoms with van der Waals surface area (Å²) in [5, 5.41) is 0. The first-order valence-corrected chi connectivity index (χ1v) is 11.6. The highest BCUT2D eigenvalue weighted by Crippen LogP contribution is 2.25. The second kappa shape index (κ2) is 7.54. The van der Waals surface area contributed by atoms with Crippen molar-refractivity contribution in [1.82, 2.24) is 9.88 Å². The summed E-state index contributed by atoms with van der Waals surface area (Å²) < 4.78 is 23.7. The molecule has 0 radical (unpaired) electrons. The molecule has 1 unspecified atom stereocenters. The lowest BCUT2D eigenvalue weighted by atomic mass is 9.99. The van der Waals surface area contributed by atoms with Crippen LogP contribution < -0.4 is 4.90 Å². The molecule has 0 aliphatic carbocycles. The number of fused-ring (bicyclic) bond motifs is 1. The second-order valence-electron chi connectivity index (χ2n) is 7.49. The Morgan fingerprint density at radius 2 is 2.04 bits per heavy atom. The van der Waals surface area contributed by atoms with E-state index in [4.69, 9.17) is 0 Å². The van der Waals surface area contributed by atoms with Crippen LogP contribution in [-0.4, -0.2) is 54.8 Å². The van der Waals surface area contributed by atoms with E-state index in [1.807, 2.05) is 28.9 Å². The molecule has 1 fully saturated rings. The summed E-state index contributed by atoms with van der Waals surface area (Å²) in [6.45, 7) is 3.96. The summed E-state index contributed by atoms with van der Waals surface area (Å²) in [6.07, 6.45) is 3.12. The van der Waals surface area contributed by atoms with Crippen LogP contribution >= 0.6 is 0 Å². The van der Waals surface area contributed by atoms with Crippen LogP contribution in [-0.2, 0) is 22.8 Å². The van der Waals surface area contributed by atoms with Gasteiger partial charge in [0, 0.05) is 37.4 Å². The quantitative estimate of drug-likeness (QED) is 0.789. The molecule has 0 bridgehead atoms. The minimum Gasteiger partial charge on any atom is -0.353 e. The van der Waals surface area contributed by atoms with E-state index in [1.165, 1.54) is 11.1 Å². The van der Waals surface area contributed by atoms with Gasteiger partial charge in [-0.05, 0) is 43.0 Å². The van der Waals surface area contributed by atoms with E-state index in [-0.39, 0.29) is 23.5 Å². The van der Waals surface area contributed by atoms with Crippen molar-refractivity contribution < 1.29 is 13.2 Å². The number of pyridine rings is 1. The third-order valence-corrected chi connectivity index (χ3v) is 7.44. The normalized spacial score (nSPS) is 20.6. The molecule has 1 atom stereocenters. The van der Waals surface area contributed by atoms with E-state index in [0.717, 1.165) is 6.42 Å². The first-order valence-electron chi connectivity index (χ1n) is 9.76. The third-order valence-electron chi connectivity index (χ3n) is 5.69. The topological polar surface area (TPSA) is 70.6 Å². The van der Waals surface area contributed by atoms with E-state index in [1.54, 1.807) is 18.3 Å². The Hall–Kier alpha value is -2.41. The fraction of sp³-hybridized carbons (Fsp3) is 0.429. The number of aromatic nitrogens is 1. The molecule has 3 heterocycles. The van der Waals surface area contributed by atoms with Gasteiger partial charge in [-0.1, -0.05) is 24.3 Å². The fourth-order valence-electron chi connectivity index (χ4n) is 4.19. The number of carbonyl (C=O) groups excluding carboxylic acids is 1. The summed E-state index contributed by atoms with van der Waals surface area (Å²) in [7, 11) is -2.98. The number of sulfone groups is 1. The van der Waals surface area contributed by atoms with Gasteiger partial charge in [-0.15, -0.1) is 0 Å². The highest BCUT2D eigenvalue weighted by molar-refractivity contribution is 7.91. The highest BCUT2D eigenvalue weighted by Gasteiger charge is 2.32. The van der Waals surface area contributed by atoms with Crippen LogP contribution in [0, 0.1) is 0 Å². The number of amides is 1. The highest BCUT2D eigenvalue weighted by atomic mass is 32.2. The van der Waals surface area contributed by atoms with Crippen molar-refractivity contribution >= 4 is 21.6 Å². The van der Waals surface area contributed by atoms with Gasteiger partial charge in [-0.25, -0.2) is 13.4 Å². The van der Waals surface area contributed by atoms with E-state index in [9.17, 15) is 13.2 Å². The number of hydrogen-bond donors (Lipinski definition) is 0. The van der Waals surface area contributed by atoms with E-state index in [0.29, 0.717) is 37.4 Å². The zero-order valence-electron chi connectivity index (χ0n) is 16.0. The van der Waals surface area contributed by atoms with Gasteiger partial charge in [-0.2, -0.15) is 0 Å². The average Bonchev–Trinajstić information content (AvgIpc) is 3.07. The van der Waals surface area contributed by atoms with Crippen LogP contribution in [0.2, 0.25) is 0 Å². The summed E-state index contributed by atoms with van der Waals surface area (Å²) in [5.41, 5.74) is 3.10. The van der Waals surface area contributed by atoms with Gasteiger partial charge in [0.25, 0.3) is 5.91 Å². The number of hydrogen-bond acceptors (Lipinski definition) is 5. The Balaban J connectivity index is 1.54. The molecular formula is C21H25N3O3S. The smallest absolute Gasteiger partial charge is 0.254 e. The maximum Gasteiger partial charge on any atom is 0.254 e. The lowest BCUT2D eigenvalue weighted by Gasteiger charge is -2.30. The minimum atomic E-state index is -2.98. The van der Waals surface area contributed by atoms with E-state index in [2.05, 4.69) is 17.1 Å². The van der Waals surface area contributed by atoms with Crippen LogP contribution in [0.15, 0.2) is 42.6 Å². The molecular weight excluding hydrogens is 374 g/mol. The number of anilines is 1. The Morgan fingerprint density at radius 1 is 1.25 bits per heavy atom. The van der Waals surface area contributed by atoms with Crippen molar-refractivity contribution in [3.05, 3.63) is 59.3 Å². The standard InChI is InChI=1S/C21H25N3O3S/c1-2-24(19-9-12-28(26,27)15-19)20-13-17(7-10-22-20)21(25)23-11-8-16-5-3-4-6-18(16)14-23/h3-7,10,13,19H,2,8-9,11-12,14-15H2,1H3. The molecule has 2 aliphatic rings. The molecule has 1 saturated heterocycles.